The largest absolute Gasteiger partial charge is 0.508 e. The van der Waals surface area contributed by atoms with Gasteiger partial charge in [0.1, 0.15) is 11.5 Å². The molecule has 0 aromatic heterocycles. The summed E-state index contributed by atoms with van der Waals surface area (Å²) < 4.78 is 5.47. The number of aromatic carboxylic acids is 1. The van der Waals surface area contributed by atoms with Crippen molar-refractivity contribution in [3.63, 3.8) is 0 Å². The summed E-state index contributed by atoms with van der Waals surface area (Å²) >= 11 is 0. The molecule has 0 fully saturated rings. The minimum atomic E-state index is -0.942. The van der Waals surface area contributed by atoms with Crippen LogP contribution < -0.4 is 4.74 Å². The quantitative estimate of drug-likeness (QED) is 0.822. The van der Waals surface area contributed by atoms with Crippen molar-refractivity contribution in [2.45, 2.75) is 6.92 Å². The summed E-state index contributed by atoms with van der Waals surface area (Å²) in [6.07, 6.45) is 3.72. The van der Waals surface area contributed by atoms with Gasteiger partial charge in [-0.3, -0.25) is 0 Å². The summed E-state index contributed by atoms with van der Waals surface area (Å²) in [4.78, 5) is 10.8. The van der Waals surface area contributed by atoms with Crippen LogP contribution in [0, 0.1) is 0 Å². The zero-order chi connectivity index (χ0) is 15.2. The fourth-order valence-corrected chi connectivity index (χ4v) is 1.86. The molecule has 0 spiro atoms. The van der Waals surface area contributed by atoms with E-state index in [9.17, 15) is 9.90 Å². The molecule has 0 saturated heterocycles. The molecular formula is C17H16O4. The number of phenols is 1. The lowest BCUT2D eigenvalue weighted by Crippen LogP contribution is -1.95. The van der Waals surface area contributed by atoms with E-state index in [0.29, 0.717) is 12.4 Å². The molecule has 0 unspecified atom stereocenters. The van der Waals surface area contributed by atoms with Gasteiger partial charge in [-0.05, 0) is 36.8 Å². The van der Waals surface area contributed by atoms with Crippen LogP contribution in [0.3, 0.4) is 0 Å². The molecule has 2 aromatic carbocycles. The number of aromatic hydroxyl groups is 1. The van der Waals surface area contributed by atoms with E-state index in [1.165, 1.54) is 0 Å². The summed E-state index contributed by atoms with van der Waals surface area (Å²) in [5.41, 5.74) is 1.99. The van der Waals surface area contributed by atoms with Gasteiger partial charge in [0.15, 0.2) is 0 Å². The summed E-state index contributed by atoms with van der Waals surface area (Å²) in [6.45, 7) is 2.39. The Morgan fingerprint density at radius 2 is 1.86 bits per heavy atom. The fourth-order valence-electron chi connectivity index (χ4n) is 1.86. The Bertz CT molecular complexity index is 657. The Morgan fingerprint density at radius 3 is 2.48 bits per heavy atom. The monoisotopic (exact) mass is 284 g/mol. The molecule has 0 aliphatic rings. The van der Waals surface area contributed by atoms with Gasteiger partial charge in [-0.2, -0.15) is 0 Å². The van der Waals surface area contributed by atoms with Crippen molar-refractivity contribution in [1.29, 1.82) is 0 Å². The number of hydrogen-bond acceptors (Lipinski definition) is 3. The van der Waals surface area contributed by atoms with Crippen molar-refractivity contribution in [1.82, 2.24) is 0 Å². The van der Waals surface area contributed by atoms with Crippen LogP contribution in [0.25, 0.3) is 12.2 Å². The van der Waals surface area contributed by atoms with Gasteiger partial charge in [0, 0.05) is 11.6 Å². The Morgan fingerprint density at radius 1 is 1.14 bits per heavy atom. The average Bonchev–Trinajstić information content (AvgIpc) is 2.47. The van der Waals surface area contributed by atoms with E-state index in [1.807, 2.05) is 19.1 Å². The van der Waals surface area contributed by atoms with Gasteiger partial charge in [-0.15, -0.1) is 0 Å². The first-order valence-corrected chi connectivity index (χ1v) is 6.57. The van der Waals surface area contributed by atoms with E-state index in [1.54, 1.807) is 42.5 Å². The second-order valence-electron chi connectivity index (χ2n) is 4.42. The predicted molar refractivity (Wildman–Crippen MR) is 81.6 cm³/mol. The second-order valence-corrected chi connectivity index (χ2v) is 4.42. The van der Waals surface area contributed by atoms with Crippen molar-refractivity contribution in [2.75, 3.05) is 6.61 Å². The normalized spacial score (nSPS) is 10.7. The maximum absolute atomic E-state index is 10.8. The molecule has 0 saturated carbocycles. The molecule has 0 aliphatic carbocycles. The molecule has 0 bridgehead atoms. The van der Waals surface area contributed by atoms with Crippen LogP contribution in [0.2, 0.25) is 0 Å². The molecule has 0 amide bonds. The van der Waals surface area contributed by atoms with Crippen molar-refractivity contribution in [3.05, 3.63) is 59.2 Å². The van der Waals surface area contributed by atoms with E-state index >= 15 is 0 Å². The SMILES string of the molecule is CCOc1cc(O)ccc1C=Cc1ccc(C(=O)O)cc1. The molecule has 108 valence electrons. The highest BCUT2D eigenvalue weighted by Crippen LogP contribution is 2.26. The van der Waals surface area contributed by atoms with Crippen LogP contribution in [0.1, 0.15) is 28.4 Å². The van der Waals surface area contributed by atoms with Gasteiger partial charge in [0.05, 0.1) is 12.2 Å². The van der Waals surface area contributed by atoms with Crippen LogP contribution in [0.4, 0.5) is 0 Å². The van der Waals surface area contributed by atoms with Crippen LogP contribution in [-0.2, 0) is 0 Å². The Labute approximate surface area is 122 Å². The summed E-state index contributed by atoms with van der Waals surface area (Å²) in [7, 11) is 0. The standard InChI is InChI=1S/C17H16O4/c1-2-21-16-11-15(18)10-9-13(16)6-3-12-4-7-14(8-5-12)17(19)20/h3-11,18H,2H2,1H3,(H,19,20). The Balaban J connectivity index is 2.22. The van der Waals surface area contributed by atoms with Crippen molar-refractivity contribution in [2.24, 2.45) is 0 Å². The average molecular weight is 284 g/mol. The number of phenolic OH excluding ortho intramolecular Hbond substituents is 1. The van der Waals surface area contributed by atoms with Crippen molar-refractivity contribution < 1.29 is 19.7 Å². The molecule has 0 heterocycles. The zero-order valence-corrected chi connectivity index (χ0v) is 11.6. The van der Waals surface area contributed by atoms with Crippen LogP contribution in [0.15, 0.2) is 42.5 Å². The highest BCUT2D eigenvalue weighted by molar-refractivity contribution is 5.88. The molecule has 0 atom stereocenters. The van der Waals surface area contributed by atoms with Crippen molar-refractivity contribution in [3.8, 4) is 11.5 Å². The van der Waals surface area contributed by atoms with Gasteiger partial charge in [-0.1, -0.05) is 24.3 Å². The number of carbonyl (C=O) groups is 1. The topological polar surface area (TPSA) is 66.8 Å². The van der Waals surface area contributed by atoms with Crippen LogP contribution in [0.5, 0.6) is 11.5 Å². The zero-order valence-electron chi connectivity index (χ0n) is 11.6. The van der Waals surface area contributed by atoms with Gasteiger partial charge < -0.3 is 14.9 Å². The number of carboxylic acids is 1. The molecule has 4 heteroatoms. The highest BCUT2D eigenvalue weighted by Gasteiger charge is 2.03. The predicted octanol–water partition coefficient (Wildman–Crippen LogP) is 3.66. The van der Waals surface area contributed by atoms with Gasteiger partial charge in [-0.25, -0.2) is 4.79 Å². The summed E-state index contributed by atoms with van der Waals surface area (Å²) in [5.74, 6) is -0.181. The second kappa shape index (κ2) is 6.61. The Hall–Kier alpha value is -2.75. The fraction of sp³-hybridized carbons (Fsp3) is 0.118. The lowest BCUT2D eigenvalue weighted by Gasteiger charge is -2.07. The molecule has 2 rings (SSSR count). The van der Waals surface area contributed by atoms with Gasteiger partial charge in [0.2, 0.25) is 0 Å². The molecule has 0 aliphatic heterocycles. The molecule has 2 aromatic rings. The summed E-state index contributed by atoms with van der Waals surface area (Å²) in [5, 5.41) is 18.3. The van der Waals surface area contributed by atoms with Gasteiger partial charge in [0.25, 0.3) is 0 Å². The van der Waals surface area contributed by atoms with E-state index in [0.717, 1.165) is 11.1 Å². The van der Waals surface area contributed by atoms with E-state index < -0.39 is 5.97 Å². The minimum absolute atomic E-state index is 0.154. The van der Waals surface area contributed by atoms with E-state index in [-0.39, 0.29) is 11.3 Å². The lowest BCUT2D eigenvalue weighted by molar-refractivity contribution is 0.0697. The van der Waals surface area contributed by atoms with Crippen molar-refractivity contribution >= 4 is 18.1 Å². The molecule has 2 N–H and O–H groups in total. The van der Waals surface area contributed by atoms with E-state index in [2.05, 4.69) is 0 Å². The first kappa shape index (κ1) is 14.7. The highest BCUT2D eigenvalue weighted by atomic mass is 16.5. The molecule has 0 radical (unpaired) electrons. The molecular weight excluding hydrogens is 268 g/mol. The van der Waals surface area contributed by atoms with E-state index in [4.69, 9.17) is 9.84 Å². The van der Waals surface area contributed by atoms with Gasteiger partial charge >= 0.3 is 5.97 Å². The molecule has 4 nitrogen and oxygen atoms in total. The maximum atomic E-state index is 10.8. The first-order valence-electron chi connectivity index (χ1n) is 6.57. The molecule has 21 heavy (non-hydrogen) atoms. The number of hydrogen-bond donors (Lipinski definition) is 2. The number of benzene rings is 2. The van der Waals surface area contributed by atoms with Crippen LogP contribution in [-0.4, -0.2) is 22.8 Å². The summed E-state index contributed by atoms with van der Waals surface area (Å²) in [6, 6.07) is 11.5. The number of carboxylic acid groups (broad SMARTS) is 1. The first-order chi connectivity index (χ1) is 10.1. The third-order valence-electron chi connectivity index (χ3n) is 2.91. The smallest absolute Gasteiger partial charge is 0.335 e. The lowest BCUT2D eigenvalue weighted by atomic mass is 10.1. The third kappa shape index (κ3) is 3.86. The number of rotatable bonds is 5. The minimum Gasteiger partial charge on any atom is -0.508 e. The Kier molecular flexibility index (Phi) is 4.61. The number of ether oxygens (including phenoxy) is 1. The third-order valence-corrected chi connectivity index (χ3v) is 2.91. The maximum Gasteiger partial charge on any atom is 0.335 e. The van der Waals surface area contributed by atoms with Crippen LogP contribution >= 0.6 is 0 Å².